The lowest BCUT2D eigenvalue weighted by Gasteiger charge is -2.07. The summed E-state index contributed by atoms with van der Waals surface area (Å²) in [5.74, 6) is 0. The lowest BCUT2D eigenvalue weighted by molar-refractivity contribution is 0.660. The summed E-state index contributed by atoms with van der Waals surface area (Å²) in [6.45, 7) is 2.24. The Balaban J connectivity index is 0.000000279. The van der Waals surface area contributed by atoms with Crippen LogP contribution in [0.25, 0.3) is 0 Å². The zero-order chi connectivity index (χ0) is 19.2. The van der Waals surface area contributed by atoms with Crippen LogP contribution in [0, 0.1) is 0 Å². The van der Waals surface area contributed by atoms with E-state index < -0.39 is 0 Å². The molecule has 3 aromatic carbocycles. The molecule has 0 aliphatic carbocycles. The van der Waals surface area contributed by atoms with Crippen molar-refractivity contribution in [2.75, 3.05) is 5.33 Å². The summed E-state index contributed by atoms with van der Waals surface area (Å²) in [5, 5.41) is 1.18. The van der Waals surface area contributed by atoms with Crippen molar-refractivity contribution in [2.45, 2.75) is 53.7 Å². The molecule has 0 aromatic heterocycles. The van der Waals surface area contributed by atoms with Gasteiger partial charge in [-0.1, -0.05) is 103 Å². The highest BCUT2D eigenvalue weighted by Crippen LogP contribution is 2.30. The maximum Gasteiger partial charge on any atom is 0.166 e. The van der Waals surface area contributed by atoms with Crippen LogP contribution in [0.2, 0.25) is 0 Å². The van der Waals surface area contributed by atoms with Crippen molar-refractivity contribution in [1.29, 1.82) is 0 Å². The molecule has 3 aromatic rings. The van der Waals surface area contributed by atoms with E-state index in [1.807, 2.05) is 0 Å². The molecule has 0 saturated heterocycles. The highest BCUT2D eigenvalue weighted by atomic mass is 79.9. The van der Waals surface area contributed by atoms with E-state index in [0.717, 1.165) is 0 Å². The van der Waals surface area contributed by atoms with Gasteiger partial charge in [-0.3, -0.25) is 0 Å². The molecule has 0 spiro atoms. The number of benzene rings is 3. The van der Waals surface area contributed by atoms with E-state index in [-0.39, 0.29) is 10.9 Å². The van der Waals surface area contributed by atoms with Crippen molar-refractivity contribution in [3.63, 3.8) is 0 Å². The normalized spacial score (nSPS) is 10.3. The lowest BCUT2D eigenvalue weighted by atomic mass is 10.2. The topological polar surface area (TPSA) is 0 Å². The first-order chi connectivity index (χ1) is 13.4. The van der Waals surface area contributed by atoms with E-state index >= 15 is 0 Å². The summed E-state index contributed by atoms with van der Waals surface area (Å²) in [5.41, 5.74) is 0. The van der Waals surface area contributed by atoms with Gasteiger partial charge in [-0.2, -0.15) is 0 Å². The van der Waals surface area contributed by atoms with Gasteiger partial charge in [0.05, 0.1) is 10.9 Å². The summed E-state index contributed by atoms with van der Waals surface area (Å²) in [4.78, 5) is 4.08. The predicted octanol–water partition coefficient (Wildman–Crippen LogP) is 8.13. The van der Waals surface area contributed by atoms with Gasteiger partial charge in [0, 0.05) is 5.33 Å². The fourth-order valence-corrected chi connectivity index (χ4v) is 5.28. The molecule has 0 saturated carbocycles. The second kappa shape index (κ2) is 13.6. The van der Waals surface area contributed by atoms with Gasteiger partial charge in [0.2, 0.25) is 0 Å². The number of hydrogen-bond donors (Lipinski definition) is 0. The molecule has 0 fully saturated rings. The number of halogens is 1. The van der Waals surface area contributed by atoms with Gasteiger partial charge in [-0.05, 0) is 42.8 Å². The van der Waals surface area contributed by atoms with Gasteiger partial charge < -0.3 is 0 Å². The summed E-state index contributed by atoms with van der Waals surface area (Å²) < 4.78 is 0. The molecule has 27 heavy (non-hydrogen) atoms. The Labute approximate surface area is 176 Å². The molecular weight excluding hydrogens is 412 g/mol. The smallest absolute Gasteiger partial charge is 0.0928 e. The Morgan fingerprint density at radius 1 is 0.556 bits per heavy atom. The highest BCUT2D eigenvalue weighted by molar-refractivity contribution is 9.09. The van der Waals surface area contributed by atoms with Gasteiger partial charge in [-0.15, -0.1) is 0 Å². The molecule has 0 nitrogen and oxygen atoms in total. The van der Waals surface area contributed by atoms with E-state index in [0.29, 0.717) is 0 Å². The molecule has 0 atom stereocenters. The van der Waals surface area contributed by atoms with Gasteiger partial charge in [0.25, 0.3) is 0 Å². The van der Waals surface area contributed by atoms with Crippen molar-refractivity contribution < 1.29 is 0 Å². The minimum atomic E-state index is -0.0146. The predicted molar refractivity (Wildman–Crippen MR) is 124 cm³/mol. The molecule has 0 bridgehead atoms. The molecule has 0 aliphatic rings. The van der Waals surface area contributed by atoms with E-state index in [4.69, 9.17) is 0 Å². The third kappa shape index (κ3) is 7.94. The Morgan fingerprint density at radius 2 is 0.926 bits per heavy atom. The maximum absolute atomic E-state index is 3.40. The Kier molecular flexibility index (Phi) is 11.0. The lowest BCUT2D eigenvalue weighted by Crippen LogP contribution is -2.04. The van der Waals surface area contributed by atoms with Crippen molar-refractivity contribution in [3.8, 4) is 0 Å². The minimum Gasteiger partial charge on any atom is -0.0928 e. The van der Waals surface area contributed by atoms with Gasteiger partial charge in [-0.25, -0.2) is 0 Å². The Morgan fingerprint density at radius 3 is 1.26 bits per heavy atom. The maximum atomic E-state index is 3.40. The second-order valence-electron chi connectivity index (χ2n) is 6.35. The minimum absolute atomic E-state index is 0.0146. The van der Waals surface area contributed by atoms with E-state index in [1.54, 1.807) is 0 Å². The zero-order valence-electron chi connectivity index (χ0n) is 16.2. The average Bonchev–Trinajstić information content (AvgIpc) is 2.74. The SMILES string of the molecule is CCCCCCCBr.c1ccc([S+](c2ccccc2)c2ccccc2)cc1. The zero-order valence-corrected chi connectivity index (χ0v) is 18.6. The first kappa shape index (κ1) is 21.8. The van der Waals surface area contributed by atoms with Crippen molar-refractivity contribution in [3.05, 3.63) is 91.0 Å². The monoisotopic (exact) mass is 441 g/mol. The molecule has 0 N–H and O–H groups in total. The van der Waals surface area contributed by atoms with Crippen LogP contribution in [0.15, 0.2) is 106 Å². The van der Waals surface area contributed by atoms with Gasteiger partial charge in [0.1, 0.15) is 0 Å². The van der Waals surface area contributed by atoms with Crippen molar-refractivity contribution in [1.82, 2.24) is 0 Å². The molecule has 3 rings (SSSR count). The Bertz CT molecular complexity index is 613. The summed E-state index contributed by atoms with van der Waals surface area (Å²) in [6.07, 6.45) is 6.93. The largest absolute Gasteiger partial charge is 0.166 e. The van der Waals surface area contributed by atoms with E-state index in [9.17, 15) is 0 Å². The molecule has 0 radical (unpaired) electrons. The summed E-state index contributed by atoms with van der Waals surface area (Å²) in [6, 6.07) is 32.2. The number of alkyl halides is 1. The second-order valence-corrected chi connectivity index (χ2v) is 9.17. The molecule has 2 heteroatoms. The third-order valence-electron chi connectivity index (χ3n) is 4.17. The average molecular weight is 442 g/mol. The van der Waals surface area contributed by atoms with E-state index in [1.165, 1.54) is 52.1 Å². The summed E-state index contributed by atoms with van der Waals surface area (Å²) >= 11 is 3.40. The molecule has 0 heterocycles. The van der Waals surface area contributed by atoms with Crippen LogP contribution in [0.4, 0.5) is 0 Å². The fraction of sp³-hybridized carbons (Fsp3) is 0.280. The van der Waals surface area contributed by atoms with Crippen LogP contribution in [0.5, 0.6) is 0 Å². The van der Waals surface area contributed by atoms with Gasteiger partial charge in [0.15, 0.2) is 14.7 Å². The Hall–Kier alpha value is -1.51. The molecule has 0 amide bonds. The van der Waals surface area contributed by atoms with Crippen LogP contribution in [-0.4, -0.2) is 5.33 Å². The van der Waals surface area contributed by atoms with Crippen LogP contribution < -0.4 is 0 Å². The highest BCUT2D eigenvalue weighted by Gasteiger charge is 2.27. The number of hydrogen-bond acceptors (Lipinski definition) is 0. The quantitative estimate of drug-likeness (QED) is 0.188. The van der Waals surface area contributed by atoms with Gasteiger partial charge >= 0.3 is 0 Å². The van der Waals surface area contributed by atoms with Crippen LogP contribution in [0.1, 0.15) is 39.0 Å². The summed E-state index contributed by atoms with van der Waals surface area (Å²) in [7, 11) is -0.0146. The van der Waals surface area contributed by atoms with Crippen molar-refractivity contribution >= 4 is 26.8 Å². The van der Waals surface area contributed by atoms with Crippen LogP contribution >= 0.6 is 15.9 Å². The first-order valence-corrected chi connectivity index (χ1v) is 12.2. The van der Waals surface area contributed by atoms with Crippen molar-refractivity contribution in [2.24, 2.45) is 0 Å². The molecular formula is C25H30BrS+. The fourth-order valence-electron chi connectivity index (χ4n) is 2.78. The standard InChI is InChI=1S/C18H15S.C7H15Br/c1-4-10-16(11-5-1)19(17-12-6-2-7-13-17)18-14-8-3-9-15-18;1-2-3-4-5-6-7-8/h1-15H;2-7H2,1H3/q+1;. The van der Waals surface area contributed by atoms with Crippen LogP contribution in [0.3, 0.4) is 0 Å². The van der Waals surface area contributed by atoms with Crippen LogP contribution in [-0.2, 0) is 10.9 Å². The number of unbranched alkanes of at least 4 members (excludes halogenated alkanes) is 4. The van der Waals surface area contributed by atoms with E-state index in [2.05, 4.69) is 114 Å². The third-order valence-corrected chi connectivity index (χ3v) is 6.97. The molecule has 0 aliphatic heterocycles. The number of rotatable bonds is 8. The first-order valence-electron chi connectivity index (χ1n) is 9.82. The molecule has 0 unspecified atom stereocenters. The molecule has 142 valence electrons.